The fourth-order valence-electron chi connectivity index (χ4n) is 3.25. The maximum Gasteiger partial charge on any atom is 0.333 e. The molecule has 0 saturated carbocycles. The van der Waals surface area contributed by atoms with E-state index in [1.54, 1.807) is 48.5 Å². The molecule has 0 radical (unpaired) electrons. The maximum atomic E-state index is 12.8. The minimum atomic E-state index is -0.558. The molecule has 34 heavy (non-hydrogen) atoms. The van der Waals surface area contributed by atoms with E-state index in [0.717, 1.165) is 10.5 Å². The van der Waals surface area contributed by atoms with Gasteiger partial charge >= 0.3 is 6.03 Å². The lowest BCUT2D eigenvalue weighted by Gasteiger charge is -2.11. The standard InChI is InChI=1S/C25H19BrClN3O4/c1-15-5-8-18(9-6-15)28-23(31)14-34-22-10-7-16(11-20(22)26)12-21-24(32)30(25(33)29-21)19-4-2-3-17(27)13-19/h2-13H,14H2,1H3,(H,28,31)(H,29,33)/b21-12+. The molecule has 0 unspecified atom stereocenters. The Morgan fingerprint density at radius 2 is 1.88 bits per heavy atom. The Bertz CT molecular complexity index is 1310. The zero-order valence-electron chi connectivity index (χ0n) is 18.0. The number of hydrogen-bond donors (Lipinski definition) is 2. The molecule has 1 heterocycles. The van der Waals surface area contributed by atoms with Crippen LogP contribution in [0.1, 0.15) is 11.1 Å². The fourth-order valence-corrected chi connectivity index (χ4v) is 3.95. The van der Waals surface area contributed by atoms with Crippen LogP contribution in [-0.4, -0.2) is 24.5 Å². The van der Waals surface area contributed by atoms with Crippen molar-refractivity contribution in [3.8, 4) is 5.75 Å². The summed E-state index contributed by atoms with van der Waals surface area (Å²) in [7, 11) is 0. The van der Waals surface area contributed by atoms with E-state index in [1.807, 2.05) is 31.2 Å². The van der Waals surface area contributed by atoms with Crippen molar-refractivity contribution in [2.45, 2.75) is 6.92 Å². The van der Waals surface area contributed by atoms with E-state index in [1.165, 1.54) is 0 Å². The molecule has 0 aliphatic carbocycles. The highest BCUT2D eigenvalue weighted by molar-refractivity contribution is 9.10. The van der Waals surface area contributed by atoms with Gasteiger partial charge in [0.05, 0.1) is 10.2 Å². The molecule has 0 bridgehead atoms. The Hall–Kier alpha value is -3.62. The van der Waals surface area contributed by atoms with E-state index in [9.17, 15) is 14.4 Å². The largest absolute Gasteiger partial charge is 0.483 e. The summed E-state index contributed by atoms with van der Waals surface area (Å²) < 4.78 is 6.20. The summed E-state index contributed by atoms with van der Waals surface area (Å²) in [5.41, 5.74) is 2.95. The highest BCUT2D eigenvalue weighted by Crippen LogP contribution is 2.29. The number of nitrogens with one attached hydrogen (secondary N) is 2. The van der Waals surface area contributed by atoms with Crippen molar-refractivity contribution in [1.29, 1.82) is 0 Å². The molecule has 2 N–H and O–H groups in total. The summed E-state index contributed by atoms with van der Waals surface area (Å²) in [4.78, 5) is 38.3. The predicted octanol–water partition coefficient (Wildman–Crippen LogP) is 5.53. The first kappa shape index (κ1) is 23.5. The Labute approximate surface area is 209 Å². The number of carbonyl (C=O) groups excluding carboxylic acids is 3. The van der Waals surface area contributed by atoms with Crippen LogP contribution in [0.5, 0.6) is 5.75 Å². The van der Waals surface area contributed by atoms with E-state index >= 15 is 0 Å². The van der Waals surface area contributed by atoms with E-state index < -0.39 is 11.9 Å². The van der Waals surface area contributed by atoms with E-state index in [2.05, 4.69) is 26.6 Å². The third-order valence-corrected chi connectivity index (χ3v) is 5.76. The summed E-state index contributed by atoms with van der Waals surface area (Å²) in [6.07, 6.45) is 1.56. The molecule has 9 heteroatoms. The number of rotatable bonds is 6. The van der Waals surface area contributed by atoms with Crippen molar-refractivity contribution in [3.63, 3.8) is 0 Å². The van der Waals surface area contributed by atoms with Crippen LogP contribution in [0.25, 0.3) is 6.08 Å². The number of ether oxygens (including phenoxy) is 1. The maximum absolute atomic E-state index is 12.8. The molecule has 7 nitrogen and oxygen atoms in total. The molecular weight excluding hydrogens is 522 g/mol. The number of carbonyl (C=O) groups is 3. The molecule has 3 aromatic carbocycles. The number of halogens is 2. The summed E-state index contributed by atoms with van der Waals surface area (Å²) in [5.74, 6) is -0.317. The van der Waals surface area contributed by atoms with Crippen LogP contribution < -0.4 is 20.3 Å². The highest BCUT2D eigenvalue weighted by Gasteiger charge is 2.34. The fraction of sp³-hybridized carbons (Fsp3) is 0.0800. The van der Waals surface area contributed by atoms with E-state index in [4.69, 9.17) is 16.3 Å². The third kappa shape index (κ3) is 5.47. The second-order valence-corrected chi connectivity index (χ2v) is 8.79. The number of benzene rings is 3. The van der Waals surface area contributed by atoms with Crippen molar-refractivity contribution in [2.75, 3.05) is 16.8 Å². The normalized spacial score (nSPS) is 14.3. The molecule has 172 valence electrons. The molecule has 0 aromatic heterocycles. The van der Waals surface area contributed by atoms with Crippen LogP contribution in [0.3, 0.4) is 0 Å². The Morgan fingerprint density at radius 3 is 2.59 bits per heavy atom. The van der Waals surface area contributed by atoms with Crippen LogP contribution in [-0.2, 0) is 9.59 Å². The summed E-state index contributed by atoms with van der Waals surface area (Å²) >= 11 is 9.40. The van der Waals surface area contributed by atoms with E-state index in [-0.39, 0.29) is 18.2 Å². The van der Waals surface area contributed by atoms with Crippen molar-refractivity contribution in [2.24, 2.45) is 0 Å². The first-order chi connectivity index (χ1) is 16.3. The Morgan fingerprint density at radius 1 is 1.12 bits per heavy atom. The number of anilines is 2. The average Bonchev–Trinajstić information content (AvgIpc) is 3.07. The molecule has 0 atom stereocenters. The average molecular weight is 541 g/mol. The van der Waals surface area contributed by atoms with Gasteiger partial charge < -0.3 is 15.4 Å². The second-order valence-electron chi connectivity index (χ2n) is 7.50. The van der Waals surface area contributed by atoms with E-state index in [0.29, 0.717) is 32.2 Å². The van der Waals surface area contributed by atoms with Gasteiger partial charge in [-0.2, -0.15) is 0 Å². The molecule has 1 aliphatic rings. The quantitative estimate of drug-likeness (QED) is 0.318. The number of hydrogen-bond acceptors (Lipinski definition) is 4. The molecule has 3 aromatic rings. The van der Waals surface area contributed by atoms with Crippen LogP contribution in [0.4, 0.5) is 16.2 Å². The van der Waals surface area contributed by atoms with Crippen LogP contribution in [0.15, 0.2) is 76.9 Å². The van der Waals surface area contributed by atoms with Gasteiger partial charge in [0.15, 0.2) is 6.61 Å². The smallest absolute Gasteiger partial charge is 0.333 e. The Balaban J connectivity index is 1.41. The molecule has 1 aliphatic heterocycles. The summed E-state index contributed by atoms with van der Waals surface area (Å²) in [6, 6.07) is 18.5. The Kier molecular flexibility index (Phi) is 7.00. The van der Waals surface area contributed by atoms with Gasteiger partial charge in [0, 0.05) is 10.7 Å². The lowest BCUT2D eigenvalue weighted by Crippen LogP contribution is -2.30. The predicted molar refractivity (Wildman–Crippen MR) is 135 cm³/mol. The zero-order chi connectivity index (χ0) is 24.2. The SMILES string of the molecule is Cc1ccc(NC(=O)COc2ccc(/C=C3/NC(=O)N(c4cccc(Cl)c4)C3=O)cc2Br)cc1. The van der Waals surface area contributed by atoms with Gasteiger partial charge in [-0.15, -0.1) is 0 Å². The first-order valence-corrected chi connectivity index (χ1v) is 11.4. The monoisotopic (exact) mass is 539 g/mol. The molecule has 1 fully saturated rings. The van der Waals surface area contributed by atoms with Gasteiger partial charge in [-0.1, -0.05) is 41.4 Å². The second kappa shape index (κ2) is 10.1. The van der Waals surface area contributed by atoms with Crippen molar-refractivity contribution < 1.29 is 19.1 Å². The summed E-state index contributed by atoms with van der Waals surface area (Å²) in [6.45, 7) is 1.80. The van der Waals surface area contributed by atoms with Crippen LogP contribution >= 0.6 is 27.5 Å². The van der Waals surface area contributed by atoms with Crippen molar-refractivity contribution in [1.82, 2.24) is 5.32 Å². The lowest BCUT2D eigenvalue weighted by molar-refractivity contribution is -0.118. The molecule has 0 spiro atoms. The topological polar surface area (TPSA) is 87.7 Å². The molecule has 4 rings (SSSR count). The van der Waals surface area contributed by atoms with Gasteiger partial charge in [0.2, 0.25) is 0 Å². The zero-order valence-corrected chi connectivity index (χ0v) is 20.3. The number of urea groups is 1. The first-order valence-electron chi connectivity index (χ1n) is 10.2. The lowest BCUT2D eigenvalue weighted by atomic mass is 10.2. The highest BCUT2D eigenvalue weighted by atomic mass is 79.9. The third-order valence-electron chi connectivity index (χ3n) is 4.91. The van der Waals surface area contributed by atoms with Crippen molar-refractivity contribution >= 4 is 62.8 Å². The van der Waals surface area contributed by atoms with Gasteiger partial charge in [-0.05, 0) is 77.0 Å². The van der Waals surface area contributed by atoms with Crippen molar-refractivity contribution in [3.05, 3.63) is 93.0 Å². The molecule has 1 saturated heterocycles. The number of nitrogens with zero attached hydrogens (tertiary/aromatic N) is 1. The van der Waals surface area contributed by atoms with Gasteiger partial charge in [-0.25, -0.2) is 9.69 Å². The minimum absolute atomic E-state index is 0.128. The molecular formula is C25H19BrClN3O4. The summed E-state index contributed by atoms with van der Waals surface area (Å²) in [5, 5.41) is 5.77. The minimum Gasteiger partial charge on any atom is -0.483 e. The van der Waals surface area contributed by atoms with Crippen LogP contribution in [0, 0.1) is 6.92 Å². The van der Waals surface area contributed by atoms with Gasteiger partial charge in [0.1, 0.15) is 11.4 Å². The number of aryl methyl sites for hydroxylation is 1. The number of imide groups is 1. The van der Waals surface area contributed by atoms with Crippen LogP contribution in [0.2, 0.25) is 5.02 Å². The molecule has 4 amide bonds. The number of amides is 4. The van der Waals surface area contributed by atoms with Gasteiger partial charge in [0.25, 0.3) is 11.8 Å². The van der Waals surface area contributed by atoms with Gasteiger partial charge in [-0.3, -0.25) is 9.59 Å².